The molecule has 0 aliphatic carbocycles. The van der Waals surface area contributed by atoms with Crippen LogP contribution in [0, 0.1) is 0 Å². The van der Waals surface area contributed by atoms with Gasteiger partial charge in [0.05, 0.1) is 12.8 Å². The molecule has 0 aliphatic heterocycles. The normalized spacial score (nSPS) is 10.3. The quantitative estimate of drug-likeness (QED) is 0.797. The molecule has 5 nitrogen and oxygen atoms in total. The Morgan fingerprint density at radius 1 is 1.05 bits per heavy atom. The van der Waals surface area contributed by atoms with Gasteiger partial charge in [-0.1, -0.05) is 0 Å². The zero-order chi connectivity index (χ0) is 14.7. The van der Waals surface area contributed by atoms with Crippen LogP contribution in [0.4, 0.5) is 5.82 Å². The third kappa shape index (κ3) is 2.67. The van der Waals surface area contributed by atoms with Crippen molar-refractivity contribution in [3.8, 4) is 28.3 Å². The first-order valence-corrected chi connectivity index (χ1v) is 6.45. The van der Waals surface area contributed by atoms with Crippen LogP contribution in [0.2, 0.25) is 0 Å². The Labute approximate surface area is 122 Å². The van der Waals surface area contributed by atoms with Gasteiger partial charge in [0.1, 0.15) is 5.82 Å². The van der Waals surface area contributed by atoms with Crippen LogP contribution in [0.15, 0.2) is 55.0 Å². The maximum atomic E-state index is 5.83. The molecule has 3 aromatic heterocycles. The fourth-order valence-electron chi connectivity index (χ4n) is 2.12. The Kier molecular flexibility index (Phi) is 3.47. The van der Waals surface area contributed by atoms with E-state index in [4.69, 9.17) is 10.5 Å². The van der Waals surface area contributed by atoms with Crippen molar-refractivity contribution < 1.29 is 4.74 Å². The molecule has 0 radical (unpaired) electrons. The molecule has 0 fully saturated rings. The molecule has 3 rings (SSSR count). The lowest BCUT2D eigenvalue weighted by Gasteiger charge is -2.10. The van der Waals surface area contributed by atoms with Gasteiger partial charge in [0.15, 0.2) is 0 Å². The smallest absolute Gasteiger partial charge is 0.213 e. The Morgan fingerprint density at radius 2 is 1.95 bits per heavy atom. The molecule has 0 unspecified atom stereocenters. The number of anilines is 1. The number of ether oxygens (including phenoxy) is 1. The number of nitrogens with two attached hydrogens (primary N) is 1. The molecule has 0 saturated carbocycles. The van der Waals surface area contributed by atoms with E-state index in [1.54, 1.807) is 31.8 Å². The largest absolute Gasteiger partial charge is 0.481 e. The first kappa shape index (κ1) is 13.1. The highest BCUT2D eigenvalue weighted by Crippen LogP contribution is 2.31. The molecule has 0 atom stereocenters. The average molecular weight is 278 g/mol. The van der Waals surface area contributed by atoms with Gasteiger partial charge in [0.25, 0.3) is 0 Å². The molecule has 0 bridgehead atoms. The summed E-state index contributed by atoms with van der Waals surface area (Å²) < 4.78 is 5.18. The van der Waals surface area contributed by atoms with Crippen molar-refractivity contribution in [3.63, 3.8) is 0 Å². The van der Waals surface area contributed by atoms with E-state index >= 15 is 0 Å². The van der Waals surface area contributed by atoms with Crippen molar-refractivity contribution in [1.82, 2.24) is 15.0 Å². The summed E-state index contributed by atoms with van der Waals surface area (Å²) in [5, 5.41) is 0. The van der Waals surface area contributed by atoms with Crippen LogP contribution >= 0.6 is 0 Å². The van der Waals surface area contributed by atoms with Crippen LogP contribution in [-0.4, -0.2) is 22.1 Å². The zero-order valence-electron chi connectivity index (χ0n) is 11.5. The molecule has 3 heterocycles. The topological polar surface area (TPSA) is 73.9 Å². The first-order valence-electron chi connectivity index (χ1n) is 6.45. The molecule has 5 heteroatoms. The van der Waals surface area contributed by atoms with E-state index in [9.17, 15) is 0 Å². The van der Waals surface area contributed by atoms with Crippen LogP contribution in [0.3, 0.4) is 0 Å². The molecule has 104 valence electrons. The summed E-state index contributed by atoms with van der Waals surface area (Å²) in [6.07, 6.45) is 5.20. The Bertz CT molecular complexity index is 759. The van der Waals surface area contributed by atoms with E-state index in [2.05, 4.69) is 15.0 Å². The van der Waals surface area contributed by atoms with Crippen molar-refractivity contribution in [2.75, 3.05) is 12.8 Å². The minimum atomic E-state index is 0.471. The van der Waals surface area contributed by atoms with Gasteiger partial charge in [-0.15, -0.1) is 0 Å². The predicted molar refractivity (Wildman–Crippen MR) is 81.7 cm³/mol. The highest BCUT2D eigenvalue weighted by Gasteiger charge is 2.11. The van der Waals surface area contributed by atoms with Gasteiger partial charge in [0, 0.05) is 35.8 Å². The van der Waals surface area contributed by atoms with E-state index in [1.807, 2.05) is 30.3 Å². The molecular weight excluding hydrogens is 264 g/mol. The second-order valence-electron chi connectivity index (χ2n) is 4.46. The highest BCUT2D eigenvalue weighted by atomic mass is 16.5. The summed E-state index contributed by atoms with van der Waals surface area (Å²) in [6, 6.07) is 11.3. The van der Waals surface area contributed by atoms with Crippen molar-refractivity contribution in [1.29, 1.82) is 0 Å². The summed E-state index contributed by atoms with van der Waals surface area (Å²) >= 11 is 0. The van der Waals surface area contributed by atoms with Crippen molar-refractivity contribution >= 4 is 5.82 Å². The molecule has 0 aromatic carbocycles. The third-order valence-electron chi connectivity index (χ3n) is 3.11. The van der Waals surface area contributed by atoms with Gasteiger partial charge < -0.3 is 10.5 Å². The molecule has 3 aromatic rings. The first-order chi connectivity index (χ1) is 10.3. The summed E-state index contributed by atoms with van der Waals surface area (Å²) in [5.41, 5.74) is 9.45. The van der Waals surface area contributed by atoms with Crippen molar-refractivity contribution in [3.05, 3.63) is 55.0 Å². The third-order valence-corrected chi connectivity index (χ3v) is 3.11. The van der Waals surface area contributed by atoms with Crippen LogP contribution in [-0.2, 0) is 0 Å². The van der Waals surface area contributed by atoms with Gasteiger partial charge in [-0.05, 0) is 35.9 Å². The van der Waals surface area contributed by atoms with Gasteiger partial charge in [-0.3, -0.25) is 4.98 Å². The Morgan fingerprint density at radius 3 is 2.71 bits per heavy atom. The number of hydrogen-bond donors (Lipinski definition) is 1. The van der Waals surface area contributed by atoms with E-state index in [0.29, 0.717) is 11.7 Å². The summed E-state index contributed by atoms with van der Waals surface area (Å²) in [4.78, 5) is 12.7. The van der Waals surface area contributed by atoms with Crippen molar-refractivity contribution in [2.24, 2.45) is 0 Å². The monoisotopic (exact) mass is 278 g/mol. The number of pyridine rings is 3. The average Bonchev–Trinajstić information content (AvgIpc) is 2.55. The van der Waals surface area contributed by atoms with Gasteiger partial charge in [-0.25, -0.2) is 9.97 Å². The highest BCUT2D eigenvalue weighted by molar-refractivity contribution is 5.81. The zero-order valence-corrected chi connectivity index (χ0v) is 11.5. The second kappa shape index (κ2) is 5.58. The summed E-state index contributed by atoms with van der Waals surface area (Å²) in [7, 11) is 1.59. The van der Waals surface area contributed by atoms with E-state index in [0.717, 1.165) is 22.4 Å². The van der Waals surface area contributed by atoms with E-state index < -0.39 is 0 Å². The lowest BCUT2D eigenvalue weighted by Crippen LogP contribution is -1.96. The van der Waals surface area contributed by atoms with E-state index in [-0.39, 0.29) is 0 Å². The lowest BCUT2D eigenvalue weighted by molar-refractivity contribution is 0.398. The molecule has 0 amide bonds. The molecule has 2 N–H and O–H groups in total. The van der Waals surface area contributed by atoms with E-state index in [1.165, 1.54) is 0 Å². The van der Waals surface area contributed by atoms with Crippen LogP contribution in [0.25, 0.3) is 22.4 Å². The van der Waals surface area contributed by atoms with Crippen LogP contribution in [0.5, 0.6) is 5.88 Å². The van der Waals surface area contributed by atoms with Gasteiger partial charge in [0.2, 0.25) is 5.88 Å². The molecule has 0 spiro atoms. The molecule has 0 saturated heterocycles. The fourth-order valence-corrected chi connectivity index (χ4v) is 2.12. The van der Waals surface area contributed by atoms with Gasteiger partial charge in [-0.2, -0.15) is 0 Å². The molecule has 21 heavy (non-hydrogen) atoms. The minimum absolute atomic E-state index is 0.471. The lowest BCUT2D eigenvalue weighted by atomic mass is 10.0. The standard InChI is InChI=1S/C16H14N4O/c1-21-15-9-11(6-8-19-15)13-4-5-14(17)20-16(13)12-3-2-7-18-10-12/h2-10H,1H3,(H2,17,20). The SMILES string of the molecule is COc1cc(-c2ccc(N)nc2-c2cccnc2)ccn1. The van der Waals surface area contributed by atoms with Gasteiger partial charge >= 0.3 is 0 Å². The van der Waals surface area contributed by atoms with Crippen molar-refractivity contribution in [2.45, 2.75) is 0 Å². The summed E-state index contributed by atoms with van der Waals surface area (Å²) in [5.74, 6) is 1.03. The fraction of sp³-hybridized carbons (Fsp3) is 0.0625. The maximum Gasteiger partial charge on any atom is 0.213 e. The number of nitrogen functional groups attached to an aromatic ring is 1. The Balaban J connectivity index is 2.18. The Hall–Kier alpha value is -2.95. The summed E-state index contributed by atoms with van der Waals surface area (Å²) in [6.45, 7) is 0. The number of methoxy groups -OCH3 is 1. The predicted octanol–water partition coefficient (Wildman–Crippen LogP) is 2.80. The minimum Gasteiger partial charge on any atom is -0.481 e. The second-order valence-corrected chi connectivity index (χ2v) is 4.46. The maximum absolute atomic E-state index is 5.83. The molecular formula is C16H14N4O. The van der Waals surface area contributed by atoms with Crippen LogP contribution in [0.1, 0.15) is 0 Å². The number of rotatable bonds is 3. The number of hydrogen-bond acceptors (Lipinski definition) is 5. The number of nitrogens with zero attached hydrogens (tertiary/aromatic N) is 3. The molecule has 0 aliphatic rings. The number of aromatic nitrogens is 3. The van der Waals surface area contributed by atoms with Crippen LogP contribution < -0.4 is 10.5 Å².